The first-order valence-electron chi connectivity index (χ1n) is 32.2. The molecule has 0 spiro atoms. The predicted octanol–water partition coefficient (Wildman–Crippen LogP) is 21.6. The lowest BCUT2D eigenvalue weighted by Gasteiger charge is -2.18. The van der Waals surface area contributed by atoms with E-state index in [1.54, 1.807) is 0 Å². The molecule has 1 atom stereocenters. The molecule has 0 amide bonds. The second kappa shape index (κ2) is 57.7. The number of hydrogen-bond donors (Lipinski definition) is 0. The highest BCUT2D eigenvalue weighted by Gasteiger charge is 2.19. The molecular formula is C65H126O6. The molecule has 0 rings (SSSR count). The Morgan fingerprint density at radius 1 is 0.268 bits per heavy atom. The van der Waals surface area contributed by atoms with Crippen molar-refractivity contribution in [3.05, 3.63) is 0 Å². The lowest BCUT2D eigenvalue weighted by Crippen LogP contribution is -2.30. The molecule has 6 heteroatoms. The average molecular weight is 1000 g/mol. The molecule has 0 bridgehead atoms. The second-order valence-corrected chi connectivity index (χ2v) is 23.4. The van der Waals surface area contributed by atoms with Crippen LogP contribution in [-0.4, -0.2) is 37.2 Å². The largest absolute Gasteiger partial charge is 0.462 e. The van der Waals surface area contributed by atoms with Crippen LogP contribution < -0.4 is 0 Å². The molecular weight excluding hydrogens is 877 g/mol. The molecule has 0 saturated heterocycles. The molecule has 0 aromatic heterocycles. The quantitative estimate of drug-likeness (QED) is 0.0343. The fourth-order valence-electron chi connectivity index (χ4n) is 10.1. The third kappa shape index (κ3) is 59.2. The lowest BCUT2D eigenvalue weighted by atomic mass is 10.0. The summed E-state index contributed by atoms with van der Waals surface area (Å²) in [7, 11) is 0. The molecule has 71 heavy (non-hydrogen) atoms. The lowest BCUT2D eigenvalue weighted by molar-refractivity contribution is -0.167. The summed E-state index contributed by atoms with van der Waals surface area (Å²) in [6.07, 6.45) is 63.9. The van der Waals surface area contributed by atoms with Gasteiger partial charge in [-0.25, -0.2) is 0 Å². The smallest absolute Gasteiger partial charge is 0.306 e. The topological polar surface area (TPSA) is 78.9 Å². The zero-order valence-corrected chi connectivity index (χ0v) is 48.9. The van der Waals surface area contributed by atoms with Crippen molar-refractivity contribution < 1.29 is 28.6 Å². The number of esters is 3. The zero-order chi connectivity index (χ0) is 51.8. The van der Waals surface area contributed by atoms with E-state index in [4.69, 9.17) is 14.2 Å². The molecule has 0 radical (unpaired) electrons. The Morgan fingerprint density at radius 2 is 0.465 bits per heavy atom. The van der Waals surface area contributed by atoms with E-state index in [0.717, 1.165) is 69.6 Å². The minimum absolute atomic E-state index is 0.0618. The van der Waals surface area contributed by atoms with Gasteiger partial charge in [0, 0.05) is 19.3 Å². The number of hydrogen-bond acceptors (Lipinski definition) is 6. The van der Waals surface area contributed by atoms with Gasteiger partial charge in [0.05, 0.1) is 0 Å². The van der Waals surface area contributed by atoms with Gasteiger partial charge in [0.15, 0.2) is 6.10 Å². The maximum Gasteiger partial charge on any atom is 0.306 e. The number of unbranched alkanes of at least 4 members (excludes halogenated alkanes) is 44. The first-order chi connectivity index (χ1) is 34.7. The minimum Gasteiger partial charge on any atom is -0.462 e. The Balaban J connectivity index is 4.28. The van der Waals surface area contributed by atoms with Crippen LogP contribution >= 0.6 is 0 Å². The molecule has 0 unspecified atom stereocenters. The Morgan fingerprint density at radius 3 is 0.690 bits per heavy atom. The van der Waals surface area contributed by atoms with Gasteiger partial charge in [-0.15, -0.1) is 0 Å². The highest BCUT2D eigenvalue weighted by atomic mass is 16.6. The van der Waals surface area contributed by atoms with E-state index >= 15 is 0 Å². The highest BCUT2D eigenvalue weighted by Crippen LogP contribution is 2.19. The molecule has 0 aromatic carbocycles. The summed E-state index contributed by atoms with van der Waals surface area (Å²) in [6.45, 7) is 11.5. The van der Waals surface area contributed by atoms with E-state index in [-0.39, 0.29) is 31.1 Å². The van der Waals surface area contributed by atoms with Crippen molar-refractivity contribution >= 4 is 17.9 Å². The number of carbonyl (C=O) groups is 3. The number of rotatable bonds is 59. The van der Waals surface area contributed by atoms with Crippen molar-refractivity contribution in [2.24, 2.45) is 11.8 Å². The molecule has 0 aromatic rings. The van der Waals surface area contributed by atoms with Crippen molar-refractivity contribution in [2.45, 2.75) is 375 Å². The first kappa shape index (κ1) is 69.4. The molecule has 0 heterocycles. The molecule has 0 aliphatic heterocycles. The van der Waals surface area contributed by atoms with Crippen LogP contribution in [-0.2, 0) is 28.6 Å². The monoisotopic (exact) mass is 1000 g/mol. The van der Waals surface area contributed by atoms with Crippen LogP contribution in [0, 0.1) is 11.8 Å². The van der Waals surface area contributed by atoms with Gasteiger partial charge >= 0.3 is 17.9 Å². The summed E-state index contributed by atoms with van der Waals surface area (Å²) in [5.41, 5.74) is 0. The van der Waals surface area contributed by atoms with Crippen LogP contribution in [0.1, 0.15) is 369 Å². The highest BCUT2D eigenvalue weighted by molar-refractivity contribution is 5.71. The Labute approximate surface area is 444 Å². The van der Waals surface area contributed by atoms with E-state index in [1.807, 2.05) is 0 Å². The van der Waals surface area contributed by atoms with E-state index in [0.29, 0.717) is 19.3 Å². The second-order valence-electron chi connectivity index (χ2n) is 23.4. The summed E-state index contributed by atoms with van der Waals surface area (Å²) in [4.78, 5) is 38.3. The molecule has 6 nitrogen and oxygen atoms in total. The zero-order valence-electron chi connectivity index (χ0n) is 48.9. The summed E-state index contributed by atoms with van der Waals surface area (Å²) < 4.78 is 17.0. The van der Waals surface area contributed by atoms with Crippen molar-refractivity contribution in [2.75, 3.05) is 13.2 Å². The molecule has 0 aliphatic rings. The molecule has 0 saturated carbocycles. The van der Waals surface area contributed by atoms with Crippen molar-refractivity contribution in [3.63, 3.8) is 0 Å². The molecule has 0 N–H and O–H groups in total. The van der Waals surface area contributed by atoms with Crippen LogP contribution in [0.3, 0.4) is 0 Å². The van der Waals surface area contributed by atoms with E-state index in [9.17, 15) is 14.4 Å². The Hall–Kier alpha value is -1.59. The molecule has 422 valence electrons. The van der Waals surface area contributed by atoms with E-state index < -0.39 is 6.10 Å². The van der Waals surface area contributed by atoms with Crippen molar-refractivity contribution in [3.8, 4) is 0 Å². The van der Waals surface area contributed by atoms with Gasteiger partial charge in [0.1, 0.15) is 13.2 Å². The summed E-state index contributed by atoms with van der Waals surface area (Å²) >= 11 is 0. The Bertz CT molecular complexity index is 1090. The molecule has 0 fully saturated rings. The predicted molar refractivity (Wildman–Crippen MR) is 307 cm³/mol. The summed E-state index contributed by atoms with van der Waals surface area (Å²) in [5, 5.41) is 0. The van der Waals surface area contributed by atoms with Gasteiger partial charge in [-0.3, -0.25) is 14.4 Å². The fourth-order valence-corrected chi connectivity index (χ4v) is 10.1. The van der Waals surface area contributed by atoms with E-state index in [2.05, 4.69) is 34.6 Å². The summed E-state index contributed by atoms with van der Waals surface area (Å²) in [5.74, 6) is 0.862. The number of ether oxygens (including phenoxy) is 3. The third-order valence-electron chi connectivity index (χ3n) is 15.0. The van der Waals surface area contributed by atoms with Crippen LogP contribution in [0.15, 0.2) is 0 Å². The van der Waals surface area contributed by atoms with Crippen molar-refractivity contribution in [1.29, 1.82) is 0 Å². The van der Waals surface area contributed by atoms with Gasteiger partial charge in [-0.1, -0.05) is 330 Å². The van der Waals surface area contributed by atoms with Crippen LogP contribution in [0.25, 0.3) is 0 Å². The molecule has 0 aliphatic carbocycles. The van der Waals surface area contributed by atoms with Gasteiger partial charge in [0.2, 0.25) is 0 Å². The fraction of sp³-hybridized carbons (Fsp3) is 0.954. The van der Waals surface area contributed by atoms with Gasteiger partial charge in [-0.2, -0.15) is 0 Å². The van der Waals surface area contributed by atoms with Gasteiger partial charge < -0.3 is 14.2 Å². The van der Waals surface area contributed by atoms with Crippen LogP contribution in [0.4, 0.5) is 0 Å². The van der Waals surface area contributed by atoms with E-state index in [1.165, 1.54) is 257 Å². The first-order valence-corrected chi connectivity index (χ1v) is 32.2. The standard InChI is InChI=1S/C65H126O6/c1-6-7-8-9-10-11-12-13-14-15-16-21-26-32-37-42-47-52-57-65(68)71-62(59-70-64(67)56-51-46-41-36-31-27-22-24-29-34-39-44-49-54-61(4)5)58-69-63(66)55-50-45-40-35-30-25-20-18-17-19-23-28-33-38-43-48-53-60(2)3/h60-62H,6-59H2,1-5H3/t62-/m1/s1. The normalized spacial score (nSPS) is 12.0. The third-order valence-corrected chi connectivity index (χ3v) is 15.0. The van der Waals surface area contributed by atoms with Crippen LogP contribution in [0.2, 0.25) is 0 Å². The number of carbonyl (C=O) groups excluding carboxylic acids is 3. The van der Waals surface area contributed by atoms with Gasteiger partial charge in [-0.05, 0) is 31.1 Å². The maximum absolute atomic E-state index is 12.9. The minimum atomic E-state index is -0.764. The van der Waals surface area contributed by atoms with Crippen LogP contribution in [0.5, 0.6) is 0 Å². The van der Waals surface area contributed by atoms with Crippen molar-refractivity contribution in [1.82, 2.24) is 0 Å². The maximum atomic E-state index is 12.9. The SMILES string of the molecule is CCCCCCCCCCCCCCCCCCCCC(=O)O[C@H](COC(=O)CCCCCCCCCCCCCCCCCCC(C)C)COC(=O)CCCCCCCCCCCCCCCC(C)C. The average Bonchev–Trinajstić information content (AvgIpc) is 3.35. The summed E-state index contributed by atoms with van der Waals surface area (Å²) in [6, 6.07) is 0. The Kier molecular flexibility index (Phi) is 56.4. The van der Waals surface area contributed by atoms with Gasteiger partial charge in [0.25, 0.3) is 0 Å².